The highest BCUT2D eigenvalue weighted by molar-refractivity contribution is 5.70. The molecule has 1 aromatic rings. The van der Waals surface area contributed by atoms with Crippen molar-refractivity contribution < 1.29 is 9.90 Å². The van der Waals surface area contributed by atoms with Crippen LogP contribution in [0.1, 0.15) is 51.0 Å². The molecule has 116 valence electrons. The van der Waals surface area contributed by atoms with Crippen LogP contribution >= 0.6 is 0 Å². The van der Waals surface area contributed by atoms with Crippen LogP contribution in [0.25, 0.3) is 0 Å². The van der Waals surface area contributed by atoms with E-state index in [1.807, 2.05) is 6.07 Å². The Kier molecular flexibility index (Phi) is 5.80. The van der Waals surface area contributed by atoms with Crippen molar-refractivity contribution in [1.29, 1.82) is 0 Å². The Hall–Kier alpha value is -1.35. The molecule has 3 nitrogen and oxygen atoms in total. The number of nitrogens with one attached hydrogen (secondary N) is 1. The fourth-order valence-corrected chi connectivity index (χ4v) is 3.44. The molecular weight excluding hydrogens is 262 g/mol. The third kappa shape index (κ3) is 4.57. The smallest absolute Gasteiger partial charge is 0.307 e. The summed E-state index contributed by atoms with van der Waals surface area (Å²) in [4.78, 5) is 11.4. The average Bonchev–Trinajstić information content (AvgIpc) is 2.92. The summed E-state index contributed by atoms with van der Waals surface area (Å²) in [6.07, 6.45) is 4.31. The predicted octanol–water partition coefficient (Wildman–Crippen LogP) is 3.66. The lowest BCUT2D eigenvalue weighted by atomic mass is 9.92. The van der Waals surface area contributed by atoms with E-state index in [-0.39, 0.29) is 5.92 Å². The van der Waals surface area contributed by atoms with Gasteiger partial charge in [-0.05, 0) is 36.7 Å². The van der Waals surface area contributed by atoms with Crippen molar-refractivity contribution in [3.05, 3.63) is 35.9 Å². The van der Waals surface area contributed by atoms with E-state index in [0.29, 0.717) is 24.4 Å². The maximum Gasteiger partial charge on any atom is 0.307 e. The molecule has 0 heterocycles. The highest BCUT2D eigenvalue weighted by Crippen LogP contribution is 2.34. The maximum atomic E-state index is 11.4. The summed E-state index contributed by atoms with van der Waals surface area (Å²) in [6, 6.07) is 11.0. The quantitative estimate of drug-likeness (QED) is 0.805. The number of carboxylic acid groups (broad SMARTS) is 1. The molecule has 3 atom stereocenters. The number of benzene rings is 1. The van der Waals surface area contributed by atoms with Gasteiger partial charge in [-0.1, -0.05) is 50.6 Å². The molecule has 1 saturated carbocycles. The Morgan fingerprint density at radius 2 is 2.00 bits per heavy atom. The van der Waals surface area contributed by atoms with E-state index in [0.717, 1.165) is 12.8 Å². The topological polar surface area (TPSA) is 49.3 Å². The Morgan fingerprint density at radius 1 is 1.29 bits per heavy atom. The number of carbonyl (C=O) groups is 1. The molecular formula is C18H27NO2. The van der Waals surface area contributed by atoms with E-state index in [2.05, 4.69) is 43.4 Å². The summed E-state index contributed by atoms with van der Waals surface area (Å²) < 4.78 is 0. The van der Waals surface area contributed by atoms with Crippen LogP contribution in [-0.4, -0.2) is 23.7 Å². The van der Waals surface area contributed by atoms with Crippen molar-refractivity contribution in [2.45, 2.75) is 51.5 Å². The second-order valence-electron chi connectivity index (χ2n) is 6.63. The maximum absolute atomic E-state index is 11.4. The Bertz CT molecular complexity index is 444. The van der Waals surface area contributed by atoms with Crippen LogP contribution in [0.3, 0.4) is 0 Å². The van der Waals surface area contributed by atoms with Crippen LogP contribution in [0.2, 0.25) is 0 Å². The molecule has 0 spiro atoms. The van der Waals surface area contributed by atoms with Gasteiger partial charge in [-0.15, -0.1) is 0 Å². The number of rotatable bonds is 7. The van der Waals surface area contributed by atoms with Crippen LogP contribution in [-0.2, 0) is 4.79 Å². The summed E-state index contributed by atoms with van der Waals surface area (Å²) in [5.74, 6) is -0.00595. The van der Waals surface area contributed by atoms with Gasteiger partial charge in [0, 0.05) is 12.6 Å². The third-order valence-corrected chi connectivity index (χ3v) is 4.48. The summed E-state index contributed by atoms with van der Waals surface area (Å²) in [6.45, 7) is 4.75. The number of aliphatic carboxylic acids is 1. The minimum Gasteiger partial charge on any atom is -0.481 e. The molecule has 2 N–H and O–H groups in total. The van der Waals surface area contributed by atoms with Gasteiger partial charge < -0.3 is 10.4 Å². The number of hydrogen-bond acceptors (Lipinski definition) is 2. The number of hydrogen-bond donors (Lipinski definition) is 2. The molecule has 1 fully saturated rings. The average molecular weight is 289 g/mol. The predicted molar refractivity (Wildman–Crippen MR) is 85.4 cm³/mol. The summed E-state index contributed by atoms with van der Waals surface area (Å²) in [5, 5.41) is 12.9. The van der Waals surface area contributed by atoms with Gasteiger partial charge >= 0.3 is 5.97 Å². The minimum atomic E-state index is -0.676. The zero-order valence-corrected chi connectivity index (χ0v) is 13.1. The van der Waals surface area contributed by atoms with Crippen LogP contribution in [0, 0.1) is 11.8 Å². The second-order valence-corrected chi connectivity index (χ2v) is 6.63. The van der Waals surface area contributed by atoms with Crippen molar-refractivity contribution in [1.82, 2.24) is 5.32 Å². The molecule has 1 aliphatic carbocycles. The Labute approximate surface area is 127 Å². The van der Waals surface area contributed by atoms with Gasteiger partial charge in [-0.3, -0.25) is 4.79 Å². The first kappa shape index (κ1) is 16.0. The van der Waals surface area contributed by atoms with Gasteiger partial charge in [-0.25, -0.2) is 0 Å². The van der Waals surface area contributed by atoms with E-state index >= 15 is 0 Å². The molecule has 0 aliphatic heterocycles. The van der Waals surface area contributed by atoms with E-state index in [1.54, 1.807) is 0 Å². The number of carboxylic acids is 1. The Morgan fingerprint density at radius 3 is 2.62 bits per heavy atom. The molecule has 21 heavy (non-hydrogen) atoms. The van der Waals surface area contributed by atoms with E-state index in [1.165, 1.54) is 18.4 Å². The standard InChI is InChI=1S/C18H27NO2/c1-13(2)11-15(18(20)21)12-19-17-10-6-9-16(17)14-7-4-3-5-8-14/h3-5,7-8,13,15-17,19H,6,9-12H2,1-2H3,(H,20,21). The molecule has 1 aliphatic rings. The molecule has 2 rings (SSSR count). The largest absolute Gasteiger partial charge is 0.481 e. The fourth-order valence-electron chi connectivity index (χ4n) is 3.44. The molecule has 0 saturated heterocycles. The lowest BCUT2D eigenvalue weighted by molar-refractivity contribution is -0.142. The monoisotopic (exact) mass is 289 g/mol. The third-order valence-electron chi connectivity index (χ3n) is 4.48. The first-order chi connectivity index (χ1) is 10.1. The summed E-state index contributed by atoms with van der Waals surface area (Å²) >= 11 is 0. The molecule has 0 aromatic heterocycles. The van der Waals surface area contributed by atoms with Crippen molar-refractivity contribution in [2.75, 3.05) is 6.54 Å². The fraction of sp³-hybridized carbons (Fsp3) is 0.611. The lowest BCUT2D eigenvalue weighted by Gasteiger charge is -2.24. The second kappa shape index (κ2) is 7.60. The first-order valence-electron chi connectivity index (χ1n) is 8.09. The first-order valence-corrected chi connectivity index (χ1v) is 8.09. The molecule has 3 unspecified atom stereocenters. The SMILES string of the molecule is CC(C)CC(CNC1CCCC1c1ccccc1)C(=O)O. The Balaban J connectivity index is 1.93. The van der Waals surface area contributed by atoms with Crippen LogP contribution in [0.4, 0.5) is 0 Å². The van der Waals surface area contributed by atoms with E-state index < -0.39 is 5.97 Å². The van der Waals surface area contributed by atoms with E-state index in [4.69, 9.17) is 0 Å². The van der Waals surface area contributed by atoms with Crippen molar-refractivity contribution in [3.8, 4) is 0 Å². The van der Waals surface area contributed by atoms with Gasteiger partial charge in [0.15, 0.2) is 0 Å². The van der Waals surface area contributed by atoms with Crippen LogP contribution in [0.15, 0.2) is 30.3 Å². The molecule has 3 heteroatoms. The summed E-state index contributed by atoms with van der Waals surface area (Å²) in [5.41, 5.74) is 1.38. The van der Waals surface area contributed by atoms with Gasteiger partial charge in [0.2, 0.25) is 0 Å². The summed E-state index contributed by atoms with van der Waals surface area (Å²) in [7, 11) is 0. The van der Waals surface area contributed by atoms with Crippen LogP contribution in [0.5, 0.6) is 0 Å². The zero-order valence-electron chi connectivity index (χ0n) is 13.1. The van der Waals surface area contributed by atoms with E-state index in [9.17, 15) is 9.90 Å². The molecule has 0 radical (unpaired) electrons. The molecule has 0 bridgehead atoms. The van der Waals surface area contributed by atoms with Gasteiger partial charge in [-0.2, -0.15) is 0 Å². The zero-order chi connectivity index (χ0) is 15.2. The van der Waals surface area contributed by atoms with Crippen molar-refractivity contribution in [2.24, 2.45) is 11.8 Å². The highest BCUT2D eigenvalue weighted by atomic mass is 16.4. The molecule has 0 amide bonds. The van der Waals surface area contributed by atoms with Crippen molar-refractivity contribution >= 4 is 5.97 Å². The van der Waals surface area contributed by atoms with Gasteiger partial charge in [0.25, 0.3) is 0 Å². The minimum absolute atomic E-state index is 0.276. The van der Waals surface area contributed by atoms with Gasteiger partial charge in [0.05, 0.1) is 5.92 Å². The van der Waals surface area contributed by atoms with Crippen LogP contribution < -0.4 is 5.32 Å². The van der Waals surface area contributed by atoms with Crippen molar-refractivity contribution in [3.63, 3.8) is 0 Å². The molecule has 1 aromatic carbocycles. The normalized spacial score (nSPS) is 23.4. The highest BCUT2D eigenvalue weighted by Gasteiger charge is 2.29. The lowest BCUT2D eigenvalue weighted by Crippen LogP contribution is -2.37. The van der Waals surface area contributed by atoms with Gasteiger partial charge in [0.1, 0.15) is 0 Å².